The summed E-state index contributed by atoms with van der Waals surface area (Å²) in [6.45, 7) is 1.04. The van der Waals surface area contributed by atoms with Gasteiger partial charge in [-0.25, -0.2) is 0 Å². The number of nitrogens with two attached hydrogens (primary N) is 1. The van der Waals surface area contributed by atoms with Gasteiger partial charge in [0.15, 0.2) is 11.5 Å². The Kier molecular flexibility index (Phi) is 5.51. The van der Waals surface area contributed by atoms with Crippen LogP contribution in [0.3, 0.4) is 0 Å². The number of hydrogen-bond donors (Lipinski definition) is 2. The highest BCUT2D eigenvalue weighted by Crippen LogP contribution is 2.15. The lowest BCUT2D eigenvalue weighted by atomic mass is 10.3. The van der Waals surface area contributed by atoms with Gasteiger partial charge in [0.05, 0.1) is 18.0 Å². The van der Waals surface area contributed by atoms with Gasteiger partial charge >= 0.3 is 0 Å². The summed E-state index contributed by atoms with van der Waals surface area (Å²) in [5.74, 6) is 5.97. The van der Waals surface area contributed by atoms with E-state index in [4.69, 9.17) is 15.0 Å². The molecule has 0 fully saturated rings. The number of nitrogens with zero attached hydrogens (tertiary/aromatic N) is 1. The molecular weight excluding hydrogens is 290 g/mol. The molecule has 0 spiro atoms. The van der Waals surface area contributed by atoms with Crippen molar-refractivity contribution >= 4 is 17.2 Å². The lowest BCUT2D eigenvalue weighted by Crippen LogP contribution is -2.22. The summed E-state index contributed by atoms with van der Waals surface area (Å²) in [7, 11) is 1.55. The molecule has 0 atom stereocenters. The van der Waals surface area contributed by atoms with E-state index < -0.39 is 0 Å². The van der Waals surface area contributed by atoms with Gasteiger partial charge in [-0.3, -0.25) is 4.79 Å². The third kappa shape index (κ3) is 4.43. The molecule has 110 valence electrons. The van der Waals surface area contributed by atoms with Crippen LogP contribution >= 0.6 is 11.3 Å². The van der Waals surface area contributed by atoms with E-state index in [-0.39, 0.29) is 18.2 Å². The number of nitrogens with one attached hydrogen (secondary N) is 1. The number of thiophene rings is 1. The number of aromatic nitrogens is 1. The third-order valence-electron chi connectivity index (χ3n) is 2.48. The van der Waals surface area contributed by atoms with Crippen molar-refractivity contribution in [1.82, 2.24) is 10.5 Å². The summed E-state index contributed by atoms with van der Waals surface area (Å²) in [5.41, 5.74) is 5.56. The van der Waals surface area contributed by atoms with Crippen LogP contribution in [0, 0.1) is 11.8 Å². The Morgan fingerprint density at radius 1 is 1.57 bits per heavy atom. The average Bonchev–Trinajstić information content (AvgIpc) is 3.12. The fraction of sp³-hybridized carbons (Fsp3) is 0.286. The predicted octanol–water partition coefficient (Wildman–Crippen LogP) is 1.12. The van der Waals surface area contributed by atoms with Gasteiger partial charge in [0.2, 0.25) is 0 Å². The van der Waals surface area contributed by atoms with E-state index in [2.05, 4.69) is 22.3 Å². The molecule has 0 saturated carbocycles. The first-order chi connectivity index (χ1) is 10.2. The normalized spacial score (nSPS) is 10.0. The third-order valence-corrected chi connectivity index (χ3v) is 3.48. The van der Waals surface area contributed by atoms with Crippen LogP contribution in [0.1, 0.15) is 26.0 Å². The number of methoxy groups -OCH3 is 1. The van der Waals surface area contributed by atoms with E-state index in [1.54, 1.807) is 13.2 Å². The summed E-state index contributed by atoms with van der Waals surface area (Å²) in [6, 6.07) is 5.39. The molecule has 0 saturated heterocycles. The van der Waals surface area contributed by atoms with E-state index in [1.807, 2.05) is 12.1 Å². The lowest BCUT2D eigenvalue weighted by molar-refractivity contribution is 0.0941. The molecule has 0 radical (unpaired) electrons. The Hall–Kier alpha value is -2.14. The van der Waals surface area contributed by atoms with Crippen molar-refractivity contribution in [2.45, 2.75) is 13.2 Å². The highest BCUT2D eigenvalue weighted by Gasteiger charge is 2.12. The van der Waals surface area contributed by atoms with Crippen molar-refractivity contribution in [3.63, 3.8) is 0 Å². The van der Waals surface area contributed by atoms with Crippen LogP contribution < -0.4 is 11.1 Å². The number of amides is 1. The van der Waals surface area contributed by atoms with Crippen LogP contribution in [-0.4, -0.2) is 24.7 Å². The number of carbonyl (C=O) groups is 1. The number of rotatable bonds is 5. The highest BCUT2D eigenvalue weighted by atomic mass is 32.1. The standard InChI is InChI=1S/C14H15N3O3S/c1-19-9-10-7-13(17-20-10)14(18)16-8-12-5-4-11(21-12)3-2-6-15/h4-5,7H,6,8-9,15H2,1H3,(H,16,18). The van der Waals surface area contributed by atoms with Gasteiger partial charge in [0, 0.05) is 18.1 Å². The molecule has 6 nitrogen and oxygen atoms in total. The lowest BCUT2D eigenvalue weighted by Gasteiger charge is -1.99. The molecule has 21 heavy (non-hydrogen) atoms. The van der Waals surface area contributed by atoms with Crippen LogP contribution in [0.5, 0.6) is 0 Å². The summed E-state index contributed by atoms with van der Waals surface area (Å²) in [6.07, 6.45) is 0. The zero-order valence-corrected chi connectivity index (χ0v) is 12.3. The maximum Gasteiger partial charge on any atom is 0.273 e. The molecule has 0 aliphatic carbocycles. The first kappa shape index (κ1) is 15.3. The topological polar surface area (TPSA) is 90.4 Å². The van der Waals surface area contributed by atoms with Crippen molar-refractivity contribution in [2.24, 2.45) is 5.73 Å². The number of ether oxygens (including phenoxy) is 1. The molecule has 3 N–H and O–H groups in total. The molecule has 2 rings (SSSR count). The van der Waals surface area contributed by atoms with E-state index in [0.717, 1.165) is 9.75 Å². The smallest absolute Gasteiger partial charge is 0.273 e. The van der Waals surface area contributed by atoms with E-state index >= 15 is 0 Å². The second-order valence-electron chi connectivity index (χ2n) is 4.07. The summed E-state index contributed by atoms with van der Waals surface area (Å²) in [4.78, 5) is 13.8. The van der Waals surface area contributed by atoms with Crippen LogP contribution in [0.15, 0.2) is 22.7 Å². The first-order valence-corrected chi connectivity index (χ1v) is 7.05. The SMILES string of the molecule is COCc1cc(C(=O)NCc2ccc(C#CCN)s2)no1. The monoisotopic (exact) mass is 305 g/mol. The Labute approximate surface area is 126 Å². The van der Waals surface area contributed by atoms with Crippen LogP contribution in [0.4, 0.5) is 0 Å². The average molecular weight is 305 g/mol. The van der Waals surface area contributed by atoms with Crippen molar-refractivity contribution in [2.75, 3.05) is 13.7 Å². The van der Waals surface area contributed by atoms with Crippen molar-refractivity contribution < 1.29 is 14.1 Å². The Morgan fingerprint density at radius 2 is 2.43 bits per heavy atom. The van der Waals surface area contributed by atoms with Gasteiger partial charge in [0.1, 0.15) is 6.61 Å². The van der Waals surface area contributed by atoms with Crippen molar-refractivity contribution in [1.29, 1.82) is 0 Å². The fourth-order valence-electron chi connectivity index (χ4n) is 1.57. The van der Waals surface area contributed by atoms with E-state index in [0.29, 0.717) is 18.8 Å². The molecule has 0 aromatic carbocycles. The quantitative estimate of drug-likeness (QED) is 0.808. The first-order valence-electron chi connectivity index (χ1n) is 6.23. The Morgan fingerprint density at radius 3 is 3.19 bits per heavy atom. The van der Waals surface area contributed by atoms with Crippen LogP contribution in [-0.2, 0) is 17.9 Å². The van der Waals surface area contributed by atoms with Gasteiger partial charge in [0.25, 0.3) is 5.91 Å². The minimum atomic E-state index is -0.288. The molecule has 1 amide bonds. The molecule has 2 aromatic rings. The molecule has 0 aliphatic rings. The second-order valence-corrected chi connectivity index (χ2v) is 5.23. The molecule has 0 bridgehead atoms. The minimum absolute atomic E-state index is 0.238. The van der Waals surface area contributed by atoms with Gasteiger partial charge in [-0.1, -0.05) is 17.0 Å². The Balaban J connectivity index is 1.89. The van der Waals surface area contributed by atoms with Crippen LogP contribution in [0.25, 0.3) is 0 Å². The zero-order chi connectivity index (χ0) is 15.1. The predicted molar refractivity (Wildman–Crippen MR) is 78.6 cm³/mol. The zero-order valence-electron chi connectivity index (χ0n) is 11.5. The van der Waals surface area contributed by atoms with Crippen LogP contribution in [0.2, 0.25) is 0 Å². The molecule has 0 aliphatic heterocycles. The van der Waals surface area contributed by atoms with Gasteiger partial charge in [-0.2, -0.15) is 0 Å². The second kappa shape index (κ2) is 7.59. The maximum atomic E-state index is 11.9. The summed E-state index contributed by atoms with van der Waals surface area (Å²) < 4.78 is 9.86. The molecular formula is C14H15N3O3S. The molecule has 0 unspecified atom stereocenters. The van der Waals surface area contributed by atoms with Gasteiger partial charge in [-0.05, 0) is 12.1 Å². The molecule has 2 aromatic heterocycles. The molecule has 7 heteroatoms. The number of carbonyl (C=O) groups excluding carboxylic acids is 1. The fourth-order valence-corrected chi connectivity index (χ4v) is 2.39. The summed E-state index contributed by atoms with van der Waals surface area (Å²) >= 11 is 1.52. The molecule has 2 heterocycles. The van der Waals surface area contributed by atoms with Crippen molar-refractivity contribution in [3.8, 4) is 11.8 Å². The number of hydrogen-bond acceptors (Lipinski definition) is 6. The Bertz CT molecular complexity index is 666. The van der Waals surface area contributed by atoms with Crippen molar-refractivity contribution in [3.05, 3.63) is 39.4 Å². The maximum absolute atomic E-state index is 11.9. The largest absolute Gasteiger partial charge is 0.377 e. The van der Waals surface area contributed by atoms with Gasteiger partial charge < -0.3 is 20.3 Å². The minimum Gasteiger partial charge on any atom is -0.377 e. The van der Waals surface area contributed by atoms with E-state index in [1.165, 1.54) is 11.3 Å². The van der Waals surface area contributed by atoms with E-state index in [9.17, 15) is 4.79 Å². The van der Waals surface area contributed by atoms with Gasteiger partial charge in [-0.15, -0.1) is 11.3 Å². The highest BCUT2D eigenvalue weighted by molar-refractivity contribution is 7.12. The summed E-state index contributed by atoms with van der Waals surface area (Å²) in [5, 5.41) is 6.47.